The standard InChI is InChI=1S/C19H28N6O2/c20-11-18-22-19(24-23-18)21-7-6-15-13-26-16-5-4-14(10-17(16)27-15)12-25-8-2-1-3-9-25/h4-5,10,15H,1-3,6-9,11-13,20H2,(H2,21,22,23,24). The average molecular weight is 372 g/mol. The molecule has 4 N–H and O–H groups in total. The van der Waals surface area contributed by atoms with Crippen molar-refractivity contribution in [2.45, 2.75) is 44.9 Å². The van der Waals surface area contributed by atoms with E-state index in [9.17, 15) is 0 Å². The van der Waals surface area contributed by atoms with E-state index >= 15 is 0 Å². The highest BCUT2D eigenvalue weighted by Crippen LogP contribution is 2.33. The second-order valence-corrected chi connectivity index (χ2v) is 7.19. The molecule has 8 nitrogen and oxygen atoms in total. The molecule has 2 aliphatic heterocycles. The molecule has 0 amide bonds. The fourth-order valence-corrected chi connectivity index (χ4v) is 3.59. The molecule has 1 saturated heterocycles. The average Bonchev–Trinajstić information content (AvgIpc) is 3.16. The number of nitrogens with two attached hydrogens (primary N) is 1. The molecule has 146 valence electrons. The van der Waals surface area contributed by atoms with Gasteiger partial charge >= 0.3 is 0 Å². The minimum absolute atomic E-state index is 0.0168. The summed E-state index contributed by atoms with van der Waals surface area (Å²) in [5.41, 5.74) is 6.81. The Morgan fingerprint density at radius 2 is 2.11 bits per heavy atom. The quantitative estimate of drug-likeness (QED) is 0.682. The molecule has 0 aliphatic carbocycles. The van der Waals surface area contributed by atoms with Gasteiger partial charge in [-0.1, -0.05) is 12.5 Å². The van der Waals surface area contributed by atoms with Gasteiger partial charge < -0.3 is 20.5 Å². The van der Waals surface area contributed by atoms with Crippen LogP contribution < -0.4 is 20.5 Å². The van der Waals surface area contributed by atoms with Gasteiger partial charge in [0.05, 0.1) is 6.54 Å². The maximum absolute atomic E-state index is 6.17. The molecule has 0 radical (unpaired) electrons. The van der Waals surface area contributed by atoms with Crippen molar-refractivity contribution >= 4 is 5.95 Å². The van der Waals surface area contributed by atoms with Crippen LogP contribution >= 0.6 is 0 Å². The smallest absolute Gasteiger partial charge is 0.242 e. The van der Waals surface area contributed by atoms with Crippen LogP contribution in [0.15, 0.2) is 18.2 Å². The van der Waals surface area contributed by atoms with Crippen LogP contribution in [0.1, 0.15) is 37.1 Å². The topological polar surface area (TPSA) is 101 Å². The van der Waals surface area contributed by atoms with Crippen LogP contribution in [0, 0.1) is 0 Å². The molecule has 2 aromatic rings. The highest BCUT2D eigenvalue weighted by Gasteiger charge is 2.22. The van der Waals surface area contributed by atoms with Gasteiger partial charge in [0.25, 0.3) is 0 Å². The minimum atomic E-state index is 0.0168. The summed E-state index contributed by atoms with van der Waals surface area (Å²) < 4.78 is 12.1. The van der Waals surface area contributed by atoms with Crippen molar-refractivity contribution in [3.8, 4) is 11.5 Å². The van der Waals surface area contributed by atoms with E-state index in [1.807, 2.05) is 6.07 Å². The zero-order valence-electron chi connectivity index (χ0n) is 15.6. The zero-order chi connectivity index (χ0) is 18.5. The first-order chi connectivity index (χ1) is 13.3. The first kappa shape index (κ1) is 18.1. The Morgan fingerprint density at radius 1 is 1.22 bits per heavy atom. The van der Waals surface area contributed by atoms with Crippen LogP contribution in [-0.2, 0) is 13.1 Å². The third-order valence-electron chi connectivity index (χ3n) is 5.06. The zero-order valence-corrected chi connectivity index (χ0v) is 15.6. The lowest BCUT2D eigenvalue weighted by molar-refractivity contribution is 0.0870. The lowest BCUT2D eigenvalue weighted by atomic mass is 10.1. The third kappa shape index (κ3) is 4.70. The molecule has 1 unspecified atom stereocenters. The number of piperidine rings is 1. The molecule has 8 heteroatoms. The van der Waals surface area contributed by atoms with Gasteiger partial charge in [0, 0.05) is 19.5 Å². The number of aromatic amines is 1. The van der Waals surface area contributed by atoms with Gasteiger partial charge in [0.2, 0.25) is 5.95 Å². The Bertz CT molecular complexity index is 744. The van der Waals surface area contributed by atoms with Crippen LogP contribution in [0.2, 0.25) is 0 Å². The number of fused-ring (bicyclic) bond motifs is 1. The molecule has 0 spiro atoms. The molecular weight excluding hydrogens is 344 g/mol. The van der Waals surface area contributed by atoms with Crippen molar-refractivity contribution in [1.82, 2.24) is 20.1 Å². The predicted octanol–water partition coefficient (Wildman–Crippen LogP) is 1.89. The number of aromatic nitrogens is 3. The van der Waals surface area contributed by atoms with E-state index in [2.05, 4.69) is 37.5 Å². The monoisotopic (exact) mass is 372 g/mol. The van der Waals surface area contributed by atoms with E-state index in [1.165, 1.54) is 37.9 Å². The van der Waals surface area contributed by atoms with E-state index in [4.69, 9.17) is 15.2 Å². The second kappa shape index (κ2) is 8.58. The number of hydrogen-bond donors (Lipinski definition) is 3. The van der Waals surface area contributed by atoms with Crippen molar-refractivity contribution in [2.24, 2.45) is 5.73 Å². The minimum Gasteiger partial charge on any atom is -0.486 e. The molecular formula is C19H28N6O2. The maximum atomic E-state index is 6.17. The van der Waals surface area contributed by atoms with Gasteiger partial charge in [-0.2, -0.15) is 4.98 Å². The molecule has 1 aromatic heterocycles. The molecule has 4 rings (SSSR count). The Labute approximate surface area is 159 Å². The van der Waals surface area contributed by atoms with Gasteiger partial charge in [-0.3, -0.25) is 10.00 Å². The molecule has 1 atom stereocenters. The van der Waals surface area contributed by atoms with Gasteiger partial charge in [-0.15, -0.1) is 5.10 Å². The summed E-state index contributed by atoms with van der Waals surface area (Å²) in [5.74, 6) is 2.92. The summed E-state index contributed by atoms with van der Waals surface area (Å²) in [5, 5.41) is 10.0. The van der Waals surface area contributed by atoms with Gasteiger partial charge in [0.15, 0.2) is 11.5 Å². The highest BCUT2D eigenvalue weighted by atomic mass is 16.6. The van der Waals surface area contributed by atoms with Crippen molar-refractivity contribution in [3.63, 3.8) is 0 Å². The summed E-state index contributed by atoms with van der Waals surface area (Å²) >= 11 is 0. The first-order valence-corrected chi connectivity index (χ1v) is 9.80. The molecule has 3 heterocycles. The number of hydrogen-bond acceptors (Lipinski definition) is 7. The van der Waals surface area contributed by atoms with Crippen LogP contribution in [0.5, 0.6) is 11.5 Å². The fourth-order valence-electron chi connectivity index (χ4n) is 3.59. The van der Waals surface area contributed by atoms with E-state index in [1.54, 1.807) is 0 Å². The van der Waals surface area contributed by atoms with Gasteiger partial charge in [-0.05, 0) is 43.6 Å². The Balaban J connectivity index is 1.29. The lowest BCUT2D eigenvalue weighted by Gasteiger charge is -2.29. The number of rotatable bonds is 7. The van der Waals surface area contributed by atoms with Crippen molar-refractivity contribution < 1.29 is 9.47 Å². The number of nitrogens with one attached hydrogen (secondary N) is 2. The first-order valence-electron chi connectivity index (χ1n) is 9.80. The van der Waals surface area contributed by atoms with Gasteiger partial charge in [-0.25, -0.2) is 0 Å². The second-order valence-electron chi connectivity index (χ2n) is 7.19. The fraction of sp³-hybridized carbons (Fsp3) is 0.579. The molecule has 2 aliphatic rings. The summed E-state index contributed by atoms with van der Waals surface area (Å²) in [7, 11) is 0. The van der Waals surface area contributed by atoms with Crippen LogP contribution in [0.25, 0.3) is 0 Å². The predicted molar refractivity (Wildman–Crippen MR) is 103 cm³/mol. The summed E-state index contributed by atoms with van der Waals surface area (Å²) in [4.78, 5) is 6.75. The largest absolute Gasteiger partial charge is 0.486 e. The Morgan fingerprint density at radius 3 is 2.93 bits per heavy atom. The van der Waals surface area contributed by atoms with Crippen molar-refractivity contribution in [1.29, 1.82) is 0 Å². The summed E-state index contributed by atoms with van der Waals surface area (Å²) in [6.07, 6.45) is 4.79. The number of nitrogens with zero attached hydrogens (tertiary/aromatic N) is 3. The van der Waals surface area contributed by atoms with E-state index < -0.39 is 0 Å². The van der Waals surface area contributed by atoms with E-state index in [0.29, 0.717) is 31.5 Å². The molecule has 1 aromatic carbocycles. The van der Waals surface area contributed by atoms with Crippen LogP contribution in [-0.4, -0.2) is 52.4 Å². The number of likely N-dealkylation sites (tertiary alicyclic amines) is 1. The molecule has 0 bridgehead atoms. The number of anilines is 1. The van der Waals surface area contributed by atoms with Crippen LogP contribution in [0.4, 0.5) is 5.95 Å². The molecule has 1 fully saturated rings. The van der Waals surface area contributed by atoms with Crippen molar-refractivity contribution in [3.05, 3.63) is 29.6 Å². The highest BCUT2D eigenvalue weighted by molar-refractivity contribution is 5.44. The normalized spacial score (nSPS) is 19.8. The maximum Gasteiger partial charge on any atom is 0.242 e. The SMILES string of the molecule is NCc1nc(NCCC2COc3ccc(CN4CCCCC4)cc3O2)n[nH]1. The van der Waals surface area contributed by atoms with Crippen molar-refractivity contribution in [2.75, 3.05) is 31.6 Å². The third-order valence-corrected chi connectivity index (χ3v) is 5.06. The molecule has 0 saturated carbocycles. The summed E-state index contributed by atoms with van der Waals surface area (Å²) in [6, 6.07) is 6.31. The molecule has 27 heavy (non-hydrogen) atoms. The number of ether oxygens (including phenoxy) is 2. The van der Waals surface area contributed by atoms with Crippen LogP contribution in [0.3, 0.4) is 0 Å². The summed E-state index contributed by atoms with van der Waals surface area (Å²) in [6.45, 7) is 4.98. The number of H-pyrrole nitrogens is 1. The Kier molecular flexibility index (Phi) is 5.74. The van der Waals surface area contributed by atoms with E-state index in [-0.39, 0.29) is 6.10 Å². The van der Waals surface area contributed by atoms with E-state index in [0.717, 1.165) is 24.5 Å². The number of benzene rings is 1. The Hall–Kier alpha value is -2.32. The lowest BCUT2D eigenvalue weighted by Crippen LogP contribution is -2.31. The van der Waals surface area contributed by atoms with Gasteiger partial charge in [0.1, 0.15) is 18.5 Å².